The molecule has 1 fully saturated rings. The third-order valence-electron chi connectivity index (χ3n) is 3.72. The van der Waals surface area contributed by atoms with E-state index >= 15 is 0 Å². The number of nitrogens with zero attached hydrogens (tertiary/aromatic N) is 2. The molecule has 0 radical (unpaired) electrons. The third-order valence-corrected chi connectivity index (χ3v) is 4.07. The molecule has 1 saturated heterocycles. The van der Waals surface area contributed by atoms with Crippen LogP contribution in [0.25, 0.3) is 0 Å². The van der Waals surface area contributed by atoms with Crippen LogP contribution in [-0.2, 0) is 11.4 Å². The van der Waals surface area contributed by atoms with Crippen molar-refractivity contribution in [2.24, 2.45) is 0 Å². The highest BCUT2D eigenvalue weighted by Crippen LogP contribution is 2.21. The monoisotopic (exact) mass is 309 g/mol. The second-order valence-corrected chi connectivity index (χ2v) is 5.47. The molecule has 1 N–H and O–H groups in total. The zero-order valence-corrected chi connectivity index (χ0v) is 12.3. The highest BCUT2D eigenvalue weighted by molar-refractivity contribution is 6.31. The van der Waals surface area contributed by atoms with Gasteiger partial charge in [0.15, 0.2) is 0 Å². The molecule has 6 heteroatoms. The van der Waals surface area contributed by atoms with Gasteiger partial charge < -0.3 is 9.74 Å². The van der Waals surface area contributed by atoms with Crippen LogP contribution in [0.15, 0.2) is 42.4 Å². The maximum absolute atomic E-state index is 13.8. The van der Waals surface area contributed by atoms with Crippen LogP contribution >= 0.6 is 11.6 Å². The van der Waals surface area contributed by atoms with Gasteiger partial charge in [0.1, 0.15) is 17.9 Å². The van der Waals surface area contributed by atoms with Crippen LogP contribution in [-0.4, -0.2) is 36.0 Å². The van der Waals surface area contributed by atoms with Crippen molar-refractivity contribution >= 4 is 11.6 Å². The first-order chi connectivity index (χ1) is 10.2. The Balaban J connectivity index is 1.59. The van der Waals surface area contributed by atoms with Gasteiger partial charge in [-0.25, -0.2) is 9.87 Å². The Hall–Kier alpha value is -1.72. The maximum Gasteiger partial charge on any atom is 0.137 e. The molecule has 4 nitrogen and oxygen atoms in total. The fraction of sp³-hybridized carbons (Fsp3) is 0.333. The van der Waals surface area contributed by atoms with Gasteiger partial charge in [-0.05, 0) is 24.3 Å². The lowest BCUT2D eigenvalue weighted by molar-refractivity contribution is 0.0872. The average molecular weight is 310 g/mol. The molecule has 0 bridgehead atoms. The predicted octanol–water partition coefficient (Wildman–Crippen LogP) is 2.49. The van der Waals surface area contributed by atoms with E-state index < -0.39 is 0 Å². The van der Waals surface area contributed by atoms with Crippen molar-refractivity contribution in [2.45, 2.75) is 6.54 Å². The highest BCUT2D eigenvalue weighted by atomic mass is 35.5. The van der Waals surface area contributed by atoms with E-state index in [1.807, 2.05) is 12.2 Å². The normalized spacial score (nSPS) is 19.0. The molecule has 0 amide bonds. The number of rotatable bonds is 3. The maximum atomic E-state index is 13.8. The van der Waals surface area contributed by atoms with Crippen LogP contribution in [0.4, 0.5) is 4.39 Å². The van der Waals surface area contributed by atoms with Gasteiger partial charge in [0.05, 0.1) is 0 Å². The summed E-state index contributed by atoms with van der Waals surface area (Å²) >= 11 is 6.08. The van der Waals surface area contributed by atoms with Gasteiger partial charge in [0.2, 0.25) is 0 Å². The molecule has 3 rings (SSSR count). The molecule has 0 spiro atoms. The average Bonchev–Trinajstić information content (AvgIpc) is 2.53. The third kappa shape index (κ3) is 3.31. The fourth-order valence-corrected chi connectivity index (χ4v) is 2.74. The quantitative estimate of drug-likeness (QED) is 0.928. The minimum absolute atomic E-state index is 0.236. The smallest absolute Gasteiger partial charge is 0.137 e. The number of benzene rings is 1. The van der Waals surface area contributed by atoms with E-state index in [0.717, 1.165) is 32.0 Å². The predicted molar refractivity (Wildman–Crippen MR) is 79.7 cm³/mol. The summed E-state index contributed by atoms with van der Waals surface area (Å²) < 4.78 is 13.8. The Bertz CT molecular complexity index is 548. The van der Waals surface area contributed by atoms with Gasteiger partial charge in [0, 0.05) is 43.3 Å². The summed E-state index contributed by atoms with van der Waals surface area (Å²) in [6, 6.07) is 4.82. The SMILES string of the molecule is Fc1cccc(Cl)c1CN1CCN(C2=CC=CON2)CC1. The number of hydroxylamine groups is 1. The fourth-order valence-electron chi connectivity index (χ4n) is 2.52. The number of halogens is 2. The van der Waals surface area contributed by atoms with Gasteiger partial charge in [0.25, 0.3) is 0 Å². The second kappa shape index (κ2) is 6.37. The summed E-state index contributed by atoms with van der Waals surface area (Å²) in [5, 5.41) is 0.493. The van der Waals surface area contributed by atoms with Crippen molar-refractivity contribution in [3.8, 4) is 0 Å². The van der Waals surface area contributed by atoms with E-state index in [2.05, 4.69) is 15.3 Å². The molecule has 2 aliphatic heterocycles. The van der Waals surface area contributed by atoms with Crippen molar-refractivity contribution in [2.75, 3.05) is 26.2 Å². The molecule has 112 valence electrons. The molecule has 2 aliphatic rings. The molecule has 21 heavy (non-hydrogen) atoms. The molecule has 0 atom stereocenters. The molecular weight excluding hydrogens is 293 g/mol. The second-order valence-electron chi connectivity index (χ2n) is 5.06. The van der Waals surface area contributed by atoms with Crippen LogP contribution in [0, 0.1) is 5.82 Å². The van der Waals surface area contributed by atoms with E-state index in [9.17, 15) is 4.39 Å². The Morgan fingerprint density at radius 1 is 1.24 bits per heavy atom. The van der Waals surface area contributed by atoms with Crippen LogP contribution in [0.2, 0.25) is 5.02 Å². The highest BCUT2D eigenvalue weighted by Gasteiger charge is 2.21. The summed E-state index contributed by atoms with van der Waals surface area (Å²) in [6.45, 7) is 3.98. The van der Waals surface area contributed by atoms with Crippen LogP contribution < -0.4 is 5.48 Å². The Kier molecular flexibility index (Phi) is 4.31. The lowest BCUT2D eigenvalue weighted by Gasteiger charge is -2.37. The molecule has 0 unspecified atom stereocenters. The molecule has 0 aromatic heterocycles. The Morgan fingerprint density at radius 3 is 2.71 bits per heavy atom. The number of hydrogen-bond acceptors (Lipinski definition) is 4. The van der Waals surface area contributed by atoms with Gasteiger partial charge in [-0.15, -0.1) is 0 Å². The summed E-state index contributed by atoms with van der Waals surface area (Å²) in [6.07, 6.45) is 5.43. The first-order valence-electron chi connectivity index (χ1n) is 6.93. The molecule has 1 aromatic carbocycles. The summed E-state index contributed by atoms with van der Waals surface area (Å²) in [5.41, 5.74) is 3.45. The molecule has 0 saturated carbocycles. The summed E-state index contributed by atoms with van der Waals surface area (Å²) in [5.74, 6) is 0.723. The Labute approximate surface area is 128 Å². The zero-order valence-electron chi connectivity index (χ0n) is 11.6. The molecule has 0 aliphatic carbocycles. The molecule has 2 heterocycles. The van der Waals surface area contributed by atoms with Crippen molar-refractivity contribution in [3.63, 3.8) is 0 Å². The lowest BCUT2D eigenvalue weighted by atomic mass is 10.2. The van der Waals surface area contributed by atoms with Gasteiger partial charge in [-0.2, -0.15) is 0 Å². The van der Waals surface area contributed by atoms with E-state index in [-0.39, 0.29) is 5.82 Å². The number of piperazine rings is 1. The van der Waals surface area contributed by atoms with Gasteiger partial charge >= 0.3 is 0 Å². The first kappa shape index (κ1) is 14.2. The van der Waals surface area contributed by atoms with Gasteiger partial charge in [-0.3, -0.25) is 4.90 Å². The zero-order chi connectivity index (χ0) is 14.7. The molecular formula is C15H17ClFN3O. The number of allylic oxidation sites excluding steroid dienone is 2. The lowest BCUT2D eigenvalue weighted by Crippen LogP contribution is -2.47. The largest absolute Gasteiger partial charge is 0.389 e. The topological polar surface area (TPSA) is 27.7 Å². The van der Waals surface area contributed by atoms with E-state index in [4.69, 9.17) is 16.4 Å². The van der Waals surface area contributed by atoms with Gasteiger partial charge in [-0.1, -0.05) is 17.7 Å². The standard InChI is InChI=1S/C15H17ClFN3O/c16-13-3-1-4-14(17)12(13)11-19-6-8-20(9-7-19)15-5-2-10-21-18-15/h1-5,10,18H,6-9,11H2. The van der Waals surface area contributed by atoms with Crippen molar-refractivity contribution in [3.05, 3.63) is 58.8 Å². The molecule has 1 aromatic rings. The minimum atomic E-state index is -0.236. The van der Waals surface area contributed by atoms with E-state index in [1.165, 1.54) is 6.07 Å². The van der Waals surface area contributed by atoms with E-state index in [0.29, 0.717) is 17.1 Å². The van der Waals surface area contributed by atoms with Crippen LogP contribution in [0.5, 0.6) is 0 Å². The van der Waals surface area contributed by atoms with Crippen molar-refractivity contribution < 1.29 is 9.23 Å². The summed E-state index contributed by atoms with van der Waals surface area (Å²) in [4.78, 5) is 9.49. The number of hydrogen-bond donors (Lipinski definition) is 1. The van der Waals surface area contributed by atoms with E-state index in [1.54, 1.807) is 18.4 Å². The number of nitrogens with one attached hydrogen (secondary N) is 1. The summed E-state index contributed by atoms with van der Waals surface area (Å²) in [7, 11) is 0. The Morgan fingerprint density at radius 2 is 2.05 bits per heavy atom. The van der Waals surface area contributed by atoms with Crippen molar-refractivity contribution in [1.82, 2.24) is 15.3 Å². The van der Waals surface area contributed by atoms with Crippen molar-refractivity contribution in [1.29, 1.82) is 0 Å². The first-order valence-corrected chi connectivity index (χ1v) is 7.30. The van der Waals surface area contributed by atoms with Crippen LogP contribution in [0.3, 0.4) is 0 Å². The van der Waals surface area contributed by atoms with Crippen LogP contribution in [0.1, 0.15) is 5.56 Å². The minimum Gasteiger partial charge on any atom is -0.389 e.